The fourth-order valence-electron chi connectivity index (χ4n) is 0. The van der Waals surface area contributed by atoms with Crippen molar-refractivity contribution in [3.8, 4) is 0 Å². The summed E-state index contributed by atoms with van der Waals surface area (Å²) in [5.74, 6) is -1.08. The topological polar surface area (TPSA) is 71.6 Å². The molecule has 0 spiro atoms. The Bertz CT molecular complexity index is 66.0. The Morgan fingerprint density at radius 1 is 1.40 bits per heavy atom. The van der Waals surface area contributed by atoms with E-state index in [1.807, 2.05) is 0 Å². The van der Waals surface area contributed by atoms with Crippen molar-refractivity contribution in [2.24, 2.45) is 0 Å². The maximum absolute atomic E-state index is 9.73. The second kappa shape index (κ2) is 16.3. The van der Waals surface area contributed by atoms with Crippen LogP contribution in [-0.4, -0.2) is 11.4 Å². The summed E-state index contributed by atoms with van der Waals surface area (Å²) in [6, 6.07) is 0. The molecule has 0 bridgehead atoms. The number of hydrogen-bond acceptors (Lipinski definition) is 2. The van der Waals surface area contributed by atoms with Crippen molar-refractivity contribution in [1.29, 1.82) is 0 Å². The Balaban J connectivity index is -0.0000000300. The van der Waals surface area contributed by atoms with Crippen molar-refractivity contribution in [3.05, 3.63) is 0 Å². The van der Waals surface area contributed by atoms with Gasteiger partial charge < -0.3 is 15.4 Å². The molecular weight excluding hydrogens is 183 g/mol. The summed E-state index contributed by atoms with van der Waals surface area (Å²) in [4.78, 5) is 8.89. The van der Waals surface area contributed by atoms with Crippen LogP contribution in [0.2, 0.25) is 0 Å². The van der Waals surface area contributed by atoms with Gasteiger partial charge in [-0.25, -0.2) is 0 Å². The van der Waals surface area contributed by atoms with Gasteiger partial charge in [-0.05, 0) is 6.92 Å². The van der Waals surface area contributed by atoms with E-state index in [2.05, 4.69) is 0 Å². The van der Waals surface area contributed by atoms with Crippen molar-refractivity contribution in [3.63, 3.8) is 0 Å². The molecule has 10 heavy (non-hydrogen) atoms. The quantitative estimate of drug-likeness (QED) is 0.301. The van der Waals surface area contributed by atoms with Crippen LogP contribution >= 0.6 is 8.85 Å². The Morgan fingerprint density at radius 3 is 1.40 bits per heavy atom. The number of hydrogen-bond donors (Lipinski definition) is 0. The summed E-state index contributed by atoms with van der Waals surface area (Å²) < 4.78 is 29.2. The third kappa shape index (κ3) is 1200. The van der Waals surface area contributed by atoms with Gasteiger partial charge in [0.2, 0.25) is 0 Å². The summed E-state index contributed by atoms with van der Waals surface area (Å²) in [7, 11) is -4.12. The van der Waals surface area contributed by atoms with Crippen LogP contribution in [0.25, 0.3) is 0 Å². The molecule has 0 heterocycles. The number of carboxylic acids is 1. The predicted octanol–water partition coefficient (Wildman–Crippen LogP) is -2.94. The van der Waals surface area contributed by atoms with Crippen LogP contribution in [0, 0.1) is 0 Å². The second-order valence-corrected chi connectivity index (χ2v) is 1.07. The smallest absolute Gasteiger partial charge is 0.550 e. The predicted molar refractivity (Wildman–Crippen MR) is 24.5 cm³/mol. The van der Waals surface area contributed by atoms with Gasteiger partial charge in [-0.3, -0.25) is 0 Å². The molecule has 8 heteroatoms. The van der Waals surface area contributed by atoms with E-state index in [1.54, 1.807) is 0 Å². The first-order valence-electron chi connectivity index (χ1n) is 1.42. The zero-order chi connectivity index (χ0) is 7.15. The minimum absolute atomic E-state index is 0. The molecule has 0 rings (SSSR count). The second-order valence-electron chi connectivity index (χ2n) is 0.683. The van der Waals surface area contributed by atoms with Crippen LogP contribution < -0.4 is 34.7 Å². The molecule has 0 amide bonds. The molecule has 0 unspecified atom stereocenters. The van der Waals surface area contributed by atoms with E-state index in [0.29, 0.717) is 0 Å². The number of aliphatic carboxylic acids is 1. The van der Waals surface area contributed by atoms with Gasteiger partial charge in [-0.15, -0.1) is 0 Å². The third-order valence-electron chi connectivity index (χ3n) is 0. The van der Waals surface area contributed by atoms with Crippen molar-refractivity contribution >= 4 is 14.8 Å². The van der Waals surface area contributed by atoms with Gasteiger partial charge in [0.15, 0.2) is 0 Å². The number of rotatable bonds is 0. The summed E-state index contributed by atoms with van der Waals surface area (Å²) in [5, 5.41) is 8.89. The van der Waals surface area contributed by atoms with E-state index in [9.17, 15) is 12.6 Å². The molecule has 0 radical (unpaired) electrons. The molecule has 58 valence electrons. The van der Waals surface area contributed by atoms with E-state index in [4.69, 9.17) is 9.90 Å². The largest absolute Gasteiger partial charge is 1.00 e. The number of carbonyl (C=O) groups excluding carboxylic acids is 1. The Morgan fingerprint density at radius 2 is 1.40 bits per heavy atom. The average molecular weight is 188 g/mol. The SMILES string of the molecule is CC(=O)[O-].FP(F)F.O.[Na+]. The summed E-state index contributed by atoms with van der Waals surface area (Å²) >= 11 is 0. The van der Waals surface area contributed by atoms with E-state index in [0.717, 1.165) is 6.92 Å². The van der Waals surface area contributed by atoms with Gasteiger partial charge in [0.1, 0.15) is 0 Å². The van der Waals surface area contributed by atoms with Crippen molar-refractivity contribution in [1.82, 2.24) is 0 Å². The van der Waals surface area contributed by atoms with Crippen molar-refractivity contribution < 1.29 is 57.5 Å². The minimum Gasteiger partial charge on any atom is -0.550 e. The van der Waals surface area contributed by atoms with Crippen LogP contribution in [0.15, 0.2) is 0 Å². The first-order chi connectivity index (χ1) is 3.46. The average Bonchev–Trinajstić information content (AvgIpc) is 1.25. The third-order valence-corrected chi connectivity index (χ3v) is 0. The van der Waals surface area contributed by atoms with Crippen molar-refractivity contribution in [2.75, 3.05) is 0 Å². The van der Waals surface area contributed by atoms with Crippen LogP contribution in [0.5, 0.6) is 0 Å². The number of halogens is 3. The summed E-state index contributed by atoms with van der Waals surface area (Å²) in [6.45, 7) is 0.972. The molecule has 0 saturated carbocycles. The maximum atomic E-state index is 9.73. The first-order valence-corrected chi connectivity index (χ1v) is 2.43. The molecule has 0 fully saturated rings. The fraction of sp³-hybridized carbons (Fsp3) is 0.500. The number of carbonyl (C=O) groups is 1. The normalized spacial score (nSPS) is 6.10. The molecule has 0 aromatic carbocycles. The molecule has 3 nitrogen and oxygen atoms in total. The van der Waals surface area contributed by atoms with E-state index >= 15 is 0 Å². The van der Waals surface area contributed by atoms with Gasteiger partial charge in [-0.1, -0.05) is 0 Å². The zero-order valence-corrected chi connectivity index (χ0v) is 8.29. The molecule has 2 N–H and O–H groups in total. The van der Waals surface area contributed by atoms with Crippen LogP contribution in [0.1, 0.15) is 6.92 Å². The van der Waals surface area contributed by atoms with Crippen molar-refractivity contribution in [2.45, 2.75) is 6.92 Å². The standard InChI is InChI=1S/C2H4O2.F3P.Na.H2O/c1-2(3)4;1-4(2)3;;/h1H3,(H,3,4);;;1H2/q;;+1;/p-1. The minimum atomic E-state index is -4.12. The van der Waals surface area contributed by atoms with Gasteiger partial charge in [0.05, 0.1) is 0 Å². The monoisotopic (exact) mass is 188 g/mol. The molecule has 0 atom stereocenters. The fourth-order valence-corrected chi connectivity index (χ4v) is 0. The first kappa shape index (κ1) is 22.4. The summed E-state index contributed by atoms with van der Waals surface area (Å²) in [5.41, 5.74) is 0. The van der Waals surface area contributed by atoms with Crippen LogP contribution in [0.3, 0.4) is 0 Å². The van der Waals surface area contributed by atoms with Gasteiger partial charge in [0.25, 0.3) is 0 Å². The van der Waals surface area contributed by atoms with Crippen LogP contribution in [0.4, 0.5) is 12.6 Å². The Kier molecular flexibility index (Phi) is 36.6. The van der Waals surface area contributed by atoms with E-state index in [-0.39, 0.29) is 35.0 Å². The molecule has 0 aliphatic carbocycles. The molecule has 0 aliphatic rings. The van der Waals surface area contributed by atoms with Gasteiger partial charge in [-0.2, -0.15) is 12.6 Å². The van der Waals surface area contributed by atoms with Gasteiger partial charge in [0, 0.05) is 5.97 Å². The molecule has 0 aromatic rings. The zero-order valence-electron chi connectivity index (χ0n) is 5.40. The number of carboxylic acid groups (broad SMARTS) is 1. The molecule has 0 aliphatic heterocycles. The molecular formula is C2H5F3NaO3P. The van der Waals surface area contributed by atoms with E-state index in [1.165, 1.54) is 0 Å². The summed E-state index contributed by atoms with van der Waals surface area (Å²) in [6.07, 6.45) is 0. The maximum Gasteiger partial charge on any atom is 1.00 e. The van der Waals surface area contributed by atoms with Crippen LogP contribution in [-0.2, 0) is 4.79 Å². The van der Waals surface area contributed by atoms with E-state index < -0.39 is 14.8 Å². The molecule has 0 saturated heterocycles. The van der Waals surface area contributed by atoms with Gasteiger partial charge >= 0.3 is 38.4 Å². The Hall–Kier alpha value is 0.650. The Labute approximate surface area is 79.3 Å². The molecule has 0 aromatic heterocycles.